The summed E-state index contributed by atoms with van der Waals surface area (Å²) in [5, 5.41) is 26.7. The number of nitrogens with zero attached hydrogens (tertiary/aromatic N) is 5. The van der Waals surface area contributed by atoms with Crippen molar-refractivity contribution in [1.82, 2.24) is 14.8 Å². The van der Waals surface area contributed by atoms with Gasteiger partial charge in [0.05, 0.1) is 22.1 Å². The molecule has 3 aromatic rings. The first-order valence-corrected chi connectivity index (χ1v) is 5.80. The third-order valence-corrected chi connectivity index (χ3v) is 2.92. The summed E-state index contributed by atoms with van der Waals surface area (Å²) in [6, 6.07) is 6.88. The first-order chi connectivity index (χ1) is 10.1. The van der Waals surface area contributed by atoms with Gasteiger partial charge in [-0.25, -0.2) is 9.67 Å². The maximum Gasteiger partial charge on any atom is 0.301 e. The third kappa shape index (κ3) is 2.06. The molecule has 0 aliphatic carbocycles. The highest BCUT2D eigenvalue weighted by atomic mass is 16.6. The third-order valence-electron chi connectivity index (χ3n) is 2.92. The summed E-state index contributed by atoms with van der Waals surface area (Å²) in [6.07, 6.45) is 3.06. The van der Waals surface area contributed by atoms with Gasteiger partial charge in [-0.3, -0.25) is 20.2 Å². The van der Waals surface area contributed by atoms with Gasteiger partial charge in [-0.15, -0.1) is 0 Å². The van der Waals surface area contributed by atoms with Crippen molar-refractivity contribution in [2.75, 3.05) is 0 Å². The number of hydrogen-bond acceptors (Lipinski definition) is 6. The van der Waals surface area contributed by atoms with Gasteiger partial charge in [0.1, 0.15) is 5.69 Å². The molecule has 1 aromatic carbocycles. The normalized spacial score (nSPS) is 10.7. The Kier molecular flexibility index (Phi) is 2.79. The summed E-state index contributed by atoms with van der Waals surface area (Å²) < 4.78 is 1.29. The average molecular weight is 285 g/mol. The van der Waals surface area contributed by atoms with Crippen molar-refractivity contribution in [3.63, 3.8) is 0 Å². The molecule has 3 rings (SSSR count). The highest BCUT2D eigenvalue weighted by molar-refractivity contribution is 5.77. The van der Waals surface area contributed by atoms with Gasteiger partial charge in [-0.2, -0.15) is 5.10 Å². The first-order valence-electron chi connectivity index (χ1n) is 5.80. The van der Waals surface area contributed by atoms with Gasteiger partial charge in [0.2, 0.25) is 0 Å². The summed E-state index contributed by atoms with van der Waals surface area (Å²) in [5.41, 5.74) is -0.191. The van der Waals surface area contributed by atoms with Gasteiger partial charge < -0.3 is 0 Å². The second-order valence-corrected chi connectivity index (χ2v) is 4.16. The Hall–Kier alpha value is -3.36. The highest BCUT2D eigenvalue weighted by Crippen LogP contribution is 2.29. The Bertz CT molecular complexity index is 873. The Morgan fingerprint density at radius 1 is 1.10 bits per heavy atom. The number of non-ortho nitro benzene ring substituents is 1. The van der Waals surface area contributed by atoms with Crippen LogP contribution in [0.2, 0.25) is 0 Å². The van der Waals surface area contributed by atoms with Gasteiger partial charge in [-0.05, 0) is 18.2 Å². The first kappa shape index (κ1) is 12.7. The van der Waals surface area contributed by atoms with Crippen LogP contribution in [0.5, 0.6) is 0 Å². The van der Waals surface area contributed by atoms with E-state index in [0.29, 0.717) is 11.0 Å². The Morgan fingerprint density at radius 3 is 2.62 bits per heavy atom. The fraction of sp³-hybridized carbons (Fsp3) is 0. The maximum atomic E-state index is 11.1. The average Bonchev–Trinajstić information content (AvgIpc) is 2.90. The summed E-state index contributed by atoms with van der Waals surface area (Å²) in [6.45, 7) is 0. The summed E-state index contributed by atoms with van der Waals surface area (Å²) in [7, 11) is 0. The van der Waals surface area contributed by atoms with Crippen molar-refractivity contribution >= 4 is 22.4 Å². The van der Waals surface area contributed by atoms with E-state index >= 15 is 0 Å². The molecule has 9 heteroatoms. The molecule has 0 aliphatic heterocycles. The molecule has 0 unspecified atom stereocenters. The number of hydrogen-bond donors (Lipinski definition) is 0. The quantitative estimate of drug-likeness (QED) is 0.538. The van der Waals surface area contributed by atoms with E-state index in [0.717, 1.165) is 6.07 Å². The number of fused-ring (bicyclic) bond motifs is 1. The molecule has 0 saturated heterocycles. The molecular formula is C12H7N5O4. The van der Waals surface area contributed by atoms with Crippen LogP contribution in [-0.4, -0.2) is 24.6 Å². The lowest BCUT2D eigenvalue weighted by molar-refractivity contribution is -0.394. The van der Waals surface area contributed by atoms with Crippen LogP contribution in [0.25, 0.3) is 16.7 Å². The summed E-state index contributed by atoms with van der Waals surface area (Å²) in [4.78, 5) is 24.6. The SMILES string of the molecule is O=[N+]([O-])c1ccc(-n2ncc3cccnc32)c([N+](=O)[O-])c1. The van der Waals surface area contributed by atoms with E-state index in [1.807, 2.05) is 0 Å². The van der Waals surface area contributed by atoms with E-state index < -0.39 is 15.5 Å². The van der Waals surface area contributed by atoms with Crippen molar-refractivity contribution in [3.8, 4) is 5.69 Å². The number of rotatable bonds is 3. The molecule has 0 atom stereocenters. The second kappa shape index (κ2) is 4.63. The van der Waals surface area contributed by atoms with Crippen molar-refractivity contribution in [2.24, 2.45) is 0 Å². The van der Waals surface area contributed by atoms with Crippen LogP contribution in [0.3, 0.4) is 0 Å². The maximum absolute atomic E-state index is 11.1. The molecule has 0 fully saturated rings. The minimum absolute atomic E-state index is 0.124. The number of aromatic nitrogens is 3. The molecule has 0 bridgehead atoms. The molecule has 0 N–H and O–H groups in total. The van der Waals surface area contributed by atoms with Crippen molar-refractivity contribution in [3.05, 3.63) is 63.0 Å². The molecule has 9 nitrogen and oxygen atoms in total. The van der Waals surface area contributed by atoms with Crippen LogP contribution >= 0.6 is 0 Å². The van der Waals surface area contributed by atoms with Crippen LogP contribution < -0.4 is 0 Å². The molecule has 21 heavy (non-hydrogen) atoms. The van der Waals surface area contributed by atoms with E-state index in [4.69, 9.17) is 0 Å². The lowest BCUT2D eigenvalue weighted by Crippen LogP contribution is -2.03. The van der Waals surface area contributed by atoms with Crippen molar-refractivity contribution in [2.45, 2.75) is 0 Å². The second-order valence-electron chi connectivity index (χ2n) is 4.16. The minimum atomic E-state index is -0.684. The van der Waals surface area contributed by atoms with Crippen LogP contribution in [0.1, 0.15) is 0 Å². The molecule has 104 valence electrons. The van der Waals surface area contributed by atoms with Crippen molar-refractivity contribution < 1.29 is 9.85 Å². The fourth-order valence-electron chi connectivity index (χ4n) is 1.99. The molecule has 0 radical (unpaired) electrons. The topological polar surface area (TPSA) is 117 Å². The van der Waals surface area contributed by atoms with Gasteiger partial charge in [0, 0.05) is 17.6 Å². The highest BCUT2D eigenvalue weighted by Gasteiger charge is 2.22. The van der Waals surface area contributed by atoms with Crippen LogP contribution in [-0.2, 0) is 0 Å². The minimum Gasteiger partial charge on any atom is -0.258 e. The molecule has 0 spiro atoms. The molecule has 2 aromatic heterocycles. The number of nitro groups is 2. The molecule has 0 amide bonds. The largest absolute Gasteiger partial charge is 0.301 e. The van der Waals surface area contributed by atoms with Crippen molar-refractivity contribution in [1.29, 1.82) is 0 Å². The van der Waals surface area contributed by atoms with Gasteiger partial charge in [0.15, 0.2) is 5.65 Å². The molecule has 2 heterocycles. The zero-order chi connectivity index (χ0) is 15.0. The van der Waals surface area contributed by atoms with Gasteiger partial charge in [0.25, 0.3) is 5.69 Å². The summed E-state index contributed by atoms with van der Waals surface area (Å²) in [5.74, 6) is 0. The Labute approximate surface area is 116 Å². The Balaban J connectivity index is 2.27. The smallest absolute Gasteiger partial charge is 0.258 e. The molecular weight excluding hydrogens is 278 g/mol. The van der Waals surface area contributed by atoms with Gasteiger partial charge >= 0.3 is 5.69 Å². The predicted molar refractivity (Wildman–Crippen MR) is 72.2 cm³/mol. The number of benzene rings is 1. The standard InChI is InChI=1S/C12H7N5O4/c18-16(19)9-3-4-10(11(6-9)17(20)21)15-12-8(7-14-15)2-1-5-13-12/h1-7H. The van der Waals surface area contributed by atoms with Crippen LogP contribution in [0.4, 0.5) is 11.4 Å². The van der Waals surface area contributed by atoms with E-state index in [-0.39, 0.29) is 11.4 Å². The van der Waals surface area contributed by atoms with E-state index in [2.05, 4.69) is 10.1 Å². The van der Waals surface area contributed by atoms with Crippen LogP contribution in [0.15, 0.2) is 42.7 Å². The number of nitro benzene ring substituents is 2. The van der Waals surface area contributed by atoms with Gasteiger partial charge in [-0.1, -0.05) is 0 Å². The number of pyridine rings is 1. The Morgan fingerprint density at radius 2 is 1.90 bits per heavy atom. The monoisotopic (exact) mass is 285 g/mol. The van der Waals surface area contributed by atoms with Crippen LogP contribution in [0, 0.1) is 20.2 Å². The predicted octanol–water partition coefficient (Wildman–Crippen LogP) is 2.24. The zero-order valence-electron chi connectivity index (χ0n) is 10.4. The fourth-order valence-corrected chi connectivity index (χ4v) is 1.99. The summed E-state index contributed by atoms with van der Waals surface area (Å²) >= 11 is 0. The molecule has 0 saturated carbocycles. The molecule has 0 aliphatic rings. The van der Waals surface area contributed by atoms with E-state index in [1.54, 1.807) is 12.1 Å². The van der Waals surface area contributed by atoms with E-state index in [9.17, 15) is 20.2 Å². The lowest BCUT2D eigenvalue weighted by atomic mass is 10.2. The van der Waals surface area contributed by atoms with E-state index in [1.165, 1.54) is 29.2 Å². The lowest BCUT2D eigenvalue weighted by Gasteiger charge is -2.03. The zero-order valence-corrected chi connectivity index (χ0v) is 10.4.